The normalized spacial score (nSPS) is 30.0. The standard InChI is InChI=1S/C16H26O5/c1-2-20-16-12(8-5-9-17)13(11-6-3-4-7-11)10-14(21-16)15(18)19/h10-13,16-17H,2-9H2,1H3,(H,18,19)/t12-,13-,16-/m1/s1. The van der Waals surface area contributed by atoms with Crippen molar-refractivity contribution in [2.75, 3.05) is 13.2 Å². The molecule has 120 valence electrons. The number of rotatable bonds is 7. The van der Waals surface area contributed by atoms with Crippen molar-refractivity contribution in [2.24, 2.45) is 17.8 Å². The van der Waals surface area contributed by atoms with Crippen molar-refractivity contribution in [1.29, 1.82) is 0 Å². The topological polar surface area (TPSA) is 76.0 Å². The monoisotopic (exact) mass is 298 g/mol. The molecule has 3 atom stereocenters. The van der Waals surface area contributed by atoms with Gasteiger partial charge in [-0.2, -0.15) is 0 Å². The van der Waals surface area contributed by atoms with Crippen molar-refractivity contribution in [3.8, 4) is 0 Å². The summed E-state index contributed by atoms with van der Waals surface area (Å²) in [5, 5.41) is 18.4. The summed E-state index contributed by atoms with van der Waals surface area (Å²) in [5.74, 6) is -0.192. The summed E-state index contributed by atoms with van der Waals surface area (Å²) in [5.41, 5.74) is 0. The van der Waals surface area contributed by atoms with Gasteiger partial charge in [-0.15, -0.1) is 0 Å². The maximum atomic E-state index is 11.3. The summed E-state index contributed by atoms with van der Waals surface area (Å²) >= 11 is 0. The van der Waals surface area contributed by atoms with Gasteiger partial charge in [0.25, 0.3) is 0 Å². The fraction of sp³-hybridized carbons (Fsp3) is 0.812. The highest BCUT2D eigenvalue weighted by atomic mass is 16.7. The smallest absolute Gasteiger partial charge is 0.370 e. The van der Waals surface area contributed by atoms with Gasteiger partial charge in [0.1, 0.15) is 0 Å². The number of aliphatic hydroxyl groups excluding tert-OH is 1. The molecule has 1 saturated carbocycles. The summed E-state index contributed by atoms with van der Waals surface area (Å²) in [6.45, 7) is 2.52. The van der Waals surface area contributed by atoms with Gasteiger partial charge in [0.05, 0.1) is 0 Å². The van der Waals surface area contributed by atoms with E-state index in [9.17, 15) is 9.90 Å². The van der Waals surface area contributed by atoms with Crippen molar-refractivity contribution in [3.05, 3.63) is 11.8 Å². The number of ether oxygens (including phenoxy) is 2. The lowest BCUT2D eigenvalue weighted by molar-refractivity contribution is -0.181. The molecule has 5 nitrogen and oxygen atoms in total. The molecule has 0 amide bonds. The summed E-state index contributed by atoms with van der Waals surface area (Å²) in [6, 6.07) is 0. The van der Waals surface area contributed by atoms with Crippen LogP contribution in [0.2, 0.25) is 0 Å². The second-order valence-electron chi connectivity index (χ2n) is 5.93. The molecule has 2 rings (SSSR count). The Morgan fingerprint density at radius 1 is 1.43 bits per heavy atom. The van der Waals surface area contributed by atoms with Crippen LogP contribution in [0.3, 0.4) is 0 Å². The minimum Gasteiger partial charge on any atom is -0.475 e. The zero-order valence-corrected chi connectivity index (χ0v) is 12.7. The van der Waals surface area contributed by atoms with Gasteiger partial charge in [0.2, 0.25) is 12.0 Å². The van der Waals surface area contributed by atoms with Crippen LogP contribution < -0.4 is 0 Å². The van der Waals surface area contributed by atoms with E-state index in [1.165, 1.54) is 12.8 Å². The lowest BCUT2D eigenvalue weighted by atomic mass is 9.76. The highest BCUT2D eigenvalue weighted by Crippen LogP contribution is 2.43. The highest BCUT2D eigenvalue weighted by molar-refractivity contribution is 5.84. The number of aliphatic carboxylic acids is 1. The Morgan fingerprint density at radius 2 is 2.14 bits per heavy atom. The van der Waals surface area contributed by atoms with Gasteiger partial charge in [0, 0.05) is 19.1 Å². The number of carbonyl (C=O) groups is 1. The van der Waals surface area contributed by atoms with E-state index >= 15 is 0 Å². The molecule has 0 aromatic carbocycles. The van der Waals surface area contributed by atoms with Crippen molar-refractivity contribution < 1.29 is 24.5 Å². The van der Waals surface area contributed by atoms with Crippen molar-refractivity contribution in [1.82, 2.24) is 0 Å². The van der Waals surface area contributed by atoms with E-state index in [1.807, 2.05) is 6.92 Å². The first-order valence-electron chi connectivity index (χ1n) is 8.01. The van der Waals surface area contributed by atoms with Crippen molar-refractivity contribution in [3.63, 3.8) is 0 Å². The predicted octanol–water partition coefficient (Wildman–Crippen LogP) is 2.54. The van der Waals surface area contributed by atoms with E-state index in [0.717, 1.165) is 19.3 Å². The Kier molecular flexibility index (Phi) is 6.06. The Balaban J connectivity index is 2.22. The minimum absolute atomic E-state index is 0.0191. The van der Waals surface area contributed by atoms with Crippen LogP contribution in [0.4, 0.5) is 0 Å². The number of carboxylic acids is 1. The molecule has 0 saturated heterocycles. The first-order valence-corrected chi connectivity index (χ1v) is 8.01. The molecule has 0 aromatic heterocycles. The second-order valence-corrected chi connectivity index (χ2v) is 5.93. The fourth-order valence-corrected chi connectivity index (χ4v) is 3.66. The molecule has 2 aliphatic rings. The Labute approximate surface area is 125 Å². The second kappa shape index (κ2) is 7.80. The zero-order valence-electron chi connectivity index (χ0n) is 12.7. The van der Waals surface area contributed by atoms with Crippen LogP contribution in [-0.2, 0) is 14.3 Å². The number of aliphatic hydroxyl groups is 1. The van der Waals surface area contributed by atoms with Crippen LogP contribution in [0, 0.1) is 17.8 Å². The fourth-order valence-electron chi connectivity index (χ4n) is 3.66. The Hall–Kier alpha value is -1.07. The van der Waals surface area contributed by atoms with Crippen molar-refractivity contribution >= 4 is 5.97 Å². The molecule has 0 unspecified atom stereocenters. The molecule has 1 fully saturated rings. The lowest BCUT2D eigenvalue weighted by Gasteiger charge is -2.38. The number of carboxylic acid groups (broad SMARTS) is 1. The molecule has 0 aromatic rings. The zero-order chi connectivity index (χ0) is 15.2. The van der Waals surface area contributed by atoms with E-state index in [-0.39, 0.29) is 24.2 Å². The molecule has 2 N–H and O–H groups in total. The molecule has 0 spiro atoms. The van der Waals surface area contributed by atoms with Gasteiger partial charge in [-0.3, -0.25) is 0 Å². The van der Waals surface area contributed by atoms with Gasteiger partial charge in [0.15, 0.2) is 0 Å². The molecule has 5 heteroatoms. The van der Waals surface area contributed by atoms with Gasteiger partial charge in [-0.05, 0) is 50.5 Å². The van der Waals surface area contributed by atoms with Gasteiger partial charge in [-0.1, -0.05) is 12.8 Å². The lowest BCUT2D eigenvalue weighted by Crippen LogP contribution is -2.39. The molecule has 0 bridgehead atoms. The third-order valence-electron chi connectivity index (χ3n) is 4.61. The SMILES string of the molecule is CCO[C@@H]1OC(C(=O)O)=C[C@H](C2CCCC2)[C@H]1CCCO. The molecular weight excluding hydrogens is 272 g/mol. The third-order valence-corrected chi connectivity index (χ3v) is 4.61. The predicted molar refractivity (Wildman–Crippen MR) is 77.5 cm³/mol. The molecule has 21 heavy (non-hydrogen) atoms. The van der Waals surface area contributed by atoms with Crippen LogP contribution in [0.25, 0.3) is 0 Å². The number of allylic oxidation sites excluding steroid dienone is 1. The third kappa shape index (κ3) is 3.98. The molecule has 1 aliphatic heterocycles. The molecule has 0 radical (unpaired) electrons. The highest BCUT2D eigenvalue weighted by Gasteiger charge is 2.41. The van der Waals surface area contributed by atoms with E-state index in [4.69, 9.17) is 14.6 Å². The van der Waals surface area contributed by atoms with Gasteiger partial charge >= 0.3 is 5.97 Å². The maximum Gasteiger partial charge on any atom is 0.370 e. The Bertz CT molecular complexity index is 373. The molecular formula is C16H26O5. The summed E-state index contributed by atoms with van der Waals surface area (Å²) in [4.78, 5) is 11.3. The first-order chi connectivity index (χ1) is 10.2. The average molecular weight is 298 g/mol. The summed E-state index contributed by atoms with van der Waals surface area (Å²) in [6.07, 6.45) is 7.47. The number of hydrogen-bond donors (Lipinski definition) is 2. The van der Waals surface area contributed by atoms with E-state index < -0.39 is 12.3 Å². The van der Waals surface area contributed by atoms with Crippen LogP contribution in [0.1, 0.15) is 45.4 Å². The van der Waals surface area contributed by atoms with E-state index in [1.54, 1.807) is 6.08 Å². The quantitative estimate of drug-likeness (QED) is 0.755. The van der Waals surface area contributed by atoms with Crippen LogP contribution in [0.5, 0.6) is 0 Å². The maximum absolute atomic E-state index is 11.3. The van der Waals surface area contributed by atoms with Gasteiger partial charge < -0.3 is 19.7 Å². The molecule has 1 aliphatic carbocycles. The average Bonchev–Trinajstić information content (AvgIpc) is 2.99. The van der Waals surface area contributed by atoms with Crippen LogP contribution in [0.15, 0.2) is 11.8 Å². The minimum atomic E-state index is -1.02. The summed E-state index contributed by atoms with van der Waals surface area (Å²) < 4.78 is 11.2. The summed E-state index contributed by atoms with van der Waals surface area (Å²) in [7, 11) is 0. The van der Waals surface area contributed by atoms with Crippen LogP contribution >= 0.6 is 0 Å². The van der Waals surface area contributed by atoms with E-state index in [0.29, 0.717) is 18.9 Å². The Morgan fingerprint density at radius 3 is 2.71 bits per heavy atom. The van der Waals surface area contributed by atoms with Crippen molar-refractivity contribution in [2.45, 2.75) is 51.7 Å². The molecule has 1 heterocycles. The van der Waals surface area contributed by atoms with Crippen LogP contribution in [-0.4, -0.2) is 35.7 Å². The number of hydrogen-bond acceptors (Lipinski definition) is 4. The largest absolute Gasteiger partial charge is 0.475 e. The van der Waals surface area contributed by atoms with Gasteiger partial charge in [-0.25, -0.2) is 4.79 Å². The van der Waals surface area contributed by atoms with E-state index in [2.05, 4.69) is 0 Å². The first kappa shape index (κ1) is 16.3.